The van der Waals surface area contributed by atoms with Crippen LogP contribution < -0.4 is 5.73 Å². The van der Waals surface area contributed by atoms with E-state index in [0.29, 0.717) is 11.6 Å². The molecular formula is C14H13N3O. The molecule has 0 radical (unpaired) electrons. The molecule has 0 atom stereocenters. The number of hydrogen-bond donors (Lipinski definition) is 2. The van der Waals surface area contributed by atoms with Gasteiger partial charge in [-0.1, -0.05) is 18.2 Å². The van der Waals surface area contributed by atoms with Gasteiger partial charge in [0.15, 0.2) is 0 Å². The third-order valence-electron chi connectivity index (χ3n) is 2.96. The molecule has 0 aliphatic carbocycles. The van der Waals surface area contributed by atoms with E-state index in [1.807, 2.05) is 37.3 Å². The quantitative estimate of drug-likeness (QED) is 0.686. The second-order valence-corrected chi connectivity index (χ2v) is 4.29. The number of para-hydroxylation sites is 2. The highest BCUT2D eigenvalue weighted by atomic mass is 16.3. The fourth-order valence-electron chi connectivity index (χ4n) is 2.12. The SMILES string of the molecule is Cc1ccc2c(c1)nc(N)n2-c1ccccc1O. The molecule has 2 aromatic carbocycles. The summed E-state index contributed by atoms with van der Waals surface area (Å²) in [7, 11) is 0. The Kier molecular flexibility index (Phi) is 2.23. The summed E-state index contributed by atoms with van der Waals surface area (Å²) in [5.41, 5.74) is 9.43. The van der Waals surface area contributed by atoms with Crippen molar-refractivity contribution in [2.75, 3.05) is 5.73 Å². The molecule has 90 valence electrons. The number of aryl methyl sites for hydroxylation is 1. The third kappa shape index (κ3) is 1.50. The van der Waals surface area contributed by atoms with Crippen LogP contribution in [0.4, 0.5) is 5.95 Å². The number of nitrogen functional groups attached to an aromatic ring is 1. The molecule has 0 amide bonds. The van der Waals surface area contributed by atoms with Gasteiger partial charge in [-0.15, -0.1) is 0 Å². The zero-order chi connectivity index (χ0) is 12.7. The van der Waals surface area contributed by atoms with Gasteiger partial charge in [0.1, 0.15) is 5.75 Å². The second kappa shape index (κ2) is 3.77. The van der Waals surface area contributed by atoms with Gasteiger partial charge in [-0.3, -0.25) is 4.57 Å². The number of rotatable bonds is 1. The van der Waals surface area contributed by atoms with Crippen molar-refractivity contribution in [1.82, 2.24) is 9.55 Å². The number of benzene rings is 2. The summed E-state index contributed by atoms with van der Waals surface area (Å²) >= 11 is 0. The molecule has 0 bridgehead atoms. The highest BCUT2D eigenvalue weighted by Crippen LogP contribution is 2.28. The van der Waals surface area contributed by atoms with Gasteiger partial charge in [0.2, 0.25) is 5.95 Å². The summed E-state index contributed by atoms with van der Waals surface area (Å²) in [5.74, 6) is 0.557. The van der Waals surface area contributed by atoms with Gasteiger partial charge >= 0.3 is 0 Å². The maximum absolute atomic E-state index is 9.92. The van der Waals surface area contributed by atoms with Crippen LogP contribution in [0.15, 0.2) is 42.5 Å². The van der Waals surface area contributed by atoms with Crippen LogP contribution in [0.1, 0.15) is 5.56 Å². The van der Waals surface area contributed by atoms with Crippen LogP contribution >= 0.6 is 0 Å². The normalized spacial score (nSPS) is 10.9. The lowest BCUT2D eigenvalue weighted by molar-refractivity contribution is 0.473. The molecule has 18 heavy (non-hydrogen) atoms. The molecule has 0 saturated heterocycles. The van der Waals surface area contributed by atoms with Crippen molar-refractivity contribution in [3.05, 3.63) is 48.0 Å². The first-order valence-electron chi connectivity index (χ1n) is 5.70. The highest BCUT2D eigenvalue weighted by Gasteiger charge is 2.12. The van der Waals surface area contributed by atoms with Gasteiger partial charge in [0.05, 0.1) is 16.7 Å². The number of aromatic hydroxyl groups is 1. The molecule has 4 nitrogen and oxygen atoms in total. The van der Waals surface area contributed by atoms with Crippen LogP contribution in [-0.2, 0) is 0 Å². The molecule has 0 unspecified atom stereocenters. The van der Waals surface area contributed by atoms with Crippen molar-refractivity contribution >= 4 is 17.0 Å². The maximum Gasteiger partial charge on any atom is 0.206 e. The third-order valence-corrected chi connectivity index (χ3v) is 2.96. The number of phenolic OH excluding ortho intramolecular Hbond substituents is 1. The molecule has 3 rings (SSSR count). The van der Waals surface area contributed by atoms with Crippen molar-refractivity contribution in [2.24, 2.45) is 0 Å². The molecule has 0 spiro atoms. The first-order chi connectivity index (χ1) is 8.66. The Morgan fingerprint density at radius 2 is 1.94 bits per heavy atom. The molecule has 0 aliphatic heterocycles. The second-order valence-electron chi connectivity index (χ2n) is 4.29. The number of imidazole rings is 1. The van der Waals surface area contributed by atoms with Crippen molar-refractivity contribution in [1.29, 1.82) is 0 Å². The Balaban J connectivity index is 2.36. The first kappa shape index (κ1) is 10.7. The summed E-state index contributed by atoms with van der Waals surface area (Å²) in [6, 6.07) is 13.0. The Hall–Kier alpha value is -2.49. The number of hydrogen-bond acceptors (Lipinski definition) is 3. The minimum Gasteiger partial charge on any atom is -0.506 e. The Labute approximate surface area is 104 Å². The van der Waals surface area contributed by atoms with Crippen LogP contribution in [-0.4, -0.2) is 14.7 Å². The zero-order valence-electron chi connectivity index (χ0n) is 9.96. The summed E-state index contributed by atoms with van der Waals surface area (Å²) in [4.78, 5) is 4.32. The molecule has 1 aromatic heterocycles. The predicted molar refractivity (Wildman–Crippen MR) is 71.9 cm³/mol. The zero-order valence-corrected chi connectivity index (χ0v) is 9.96. The summed E-state index contributed by atoms with van der Waals surface area (Å²) in [6.07, 6.45) is 0. The Morgan fingerprint density at radius 3 is 2.72 bits per heavy atom. The highest BCUT2D eigenvalue weighted by molar-refractivity contribution is 5.82. The van der Waals surface area contributed by atoms with E-state index in [1.165, 1.54) is 0 Å². The van der Waals surface area contributed by atoms with Crippen molar-refractivity contribution < 1.29 is 5.11 Å². The molecule has 3 N–H and O–H groups in total. The fourth-order valence-corrected chi connectivity index (χ4v) is 2.12. The van der Waals surface area contributed by atoms with Crippen LogP contribution in [0, 0.1) is 6.92 Å². The van der Waals surface area contributed by atoms with Gasteiger partial charge in [-0.2, -0.15) is 0 Å². The van der Waals surface area contributed by atoms with Crippen molar-refractivity contribution in [3.8, 4) is 11.4 Å². The lowest BCUT2D eigenvalue weighted by Gasteiger charge is -2.08. The predicted octanol–water partition coefficient (Wildman–Crippen LogP) is 2.62. The lowest BCUT2D eigenvalue weighted by Crippen LogP contribution is -2.00. The van der Waals surface area contributed by atoms with Gasteiger partial charge < -0.3 is 10.8 Å². The number of anilines is 1. The van der Waals surface area contributed by atoms with Crippen LogP contribution in [0.25, 0.3) is 16.7 Å². The van der Waals surface area contributed by atoms with Gasteiger partial charge in [-0.25, -0.2) is 4.98 Å². The number of phenols is 1. The Morgan fingerprint density at radius 1 is 1.17 bits per heavy atom. The molecule has 4 heteroatoms. The largest absolute Gasteiger partial charge is 0.506 e. The van der Waals surface area contributed by atoms with E-state index in [-0.39, 0.29) is 5.75 Å². The van der Waals surface area contributed by atoms with E-state index in [0.717, 1.165) is 16.6 Å². The molecule has 0 aliphatic rings. The summed E-state index contributed by atoms with van der Waals surface area (Å²) in [6.45, 7) is 2.01. The maximum atomic E-state index is 9.92. The van der Waals surface area contributed by atoms with Crippen molar-refractivity contribution in [3.63, 3.8) is 0 Å². The van der Waals surface area contributed by atoms with Crippen LogP contribution in [0.5, 0.6) is 5.75 Å². The van der Waals surface area contributed by atoms with E-state index < -0.39 is 0 Å². The average molecular weight is 239 g/mol. The monoisotopic (exact) mass is 239 g/mol. The Bertz CT molecular complexity index is 731. The average Bonchev–Trinajstić information content (AvgIpc) is 2.65. The van der Waals surface area contributed by atoms with E-state index >= 15 is 0 Å². The number of nitrogens with zero attached hydrogens (tertiary/aromatic N) is 2. The van der Waals surface area contributed by atoms with E-state index in [2.05, 4.69) is 4.98 Å². The molecular weight excluding hydrogens is 226 g/mol. The summed E-state index contributed by atoms with van der Waals surface area (Å²) in [5, 5.41) is 9.92. The van der Waals surface area contributed by atoms with E-state index in [1.54, 1.807) is 16.7 Å². The number of fused-ring (bicyclic) bond motifs is 1. The van der Waals surface area contributed by atoms with E-state index in [9.17, 15) is 5.11 Å². The molecule has 0 fully saturated rings. The first-order valence-corrected chi connectivity index (χ1v) is 5.70. The standard InChI is InChI=1S/C14H13N3O/c1-9-6-7-11-10(8-9)16-14(15)17(11)12-4-2-3-5-13(12)18/h2-8,18H,1H3,(H2,15,16). The van der Waals surface area contributed by atoms with Crippen molar-refractivity contribution in [2.45, 2.75) is 6.92 Å². The minimum absolute atomic E-state index is 0.184. The molecule has 0 saturated carbocycles. The molecule has 3 aromatic rings. The van der Waals surface area contributed by atoms with Crippen LogP contribution in [0.2, 0.25) is 0 Å². The number of aromatic nitrogens is 2. The van der Waals surface area contributed by atoms with Gasteiger partial charge in [0.25, 0.3) is 0 Å². The topological polar surface area (TPSA) is 64.1 Å². The van der Waals surface area contributed by atoms with Gasteiger partial charge in [-0.05, 0) is 36.8 Å². The molecule has 1 heterocycles. The summed E-state index contributed by atoms with van der Waals surface area (Å²) < 4.78 is 1.75. The van der Waals surface area contributed by atoms with E-state index in [4.69, 9.17) is 5.73 Å². The van der Waals surface area contributed by atoms with Gasteiger partial charge in [0, 0.05) is 0 Å². The minimum atomic E-state index is 0.184. The van der Waals surface area contributed by atoms with Crippen LogP contribution in [0.3, 0.4) is 0 Å². The smallest absolute Gasteiger partial charge is 0.206 e. The fraction of sp³-hybridized carbons (Fsp3) is 0.0714. The lowest BCUT2D eigenvalue weighted by atomic mass is 10.2. The number of nitrogens with two attached hydrogens (primary N) is 1.